The van der Waals surface area contributed by atoms with Crippen molar-refractivity contribution in [3.05, 3.63) is 29.3 Å². The zero-order chi connectivity index (χ0) is 11.3. The van der Waals surface area contributed by atoms with Gasteiger partial charge in [0.2, 0.25) is 0 Å². The van der Waals surface area contributed by atoms with Crippen molar-refractivity contribution in [3.8, 4) is 0 Å². The van der Waals surface area contributed by atoms with Crippen LogP contribution in [0.1, 0.15) is 25.0 Å². The Bertz CT molecular complexity index is 305. The van der Waals surface area contributed by atoms with Crippen LogP contribution < -0.4 is 10.6 Å². The summed E-state index contributed by atoms with van der Waals surface area (Å²) in [5.74, 6) is 0. The van der Waals surface area contributed by atoms with Crippen LogP contribution in [-0.2, 0) is 0 Å². The third kappa shape index (κ3) is 4.34. The van der Waals surface area contributed by atoms with Crippen molar-refractivity contribution in [1.82, 2.24) is 5.32 Å². The van der Waals surface area contributed by atoms with Gasteiger partial charge in [-0.25, -0.2) is 0 Å². The van der Waals surface area contributed by atoms with E-state index >= 15 is 0 Å². The Morgan fingerprint density at radius 2 is 1.87 bits per heavy atom. The molecule has 0 bridgehead atoms. The molecule has 84 valence electrons. The molecule has 2 N–H and O–H groups in total. The number of hydrogen-bond donors (Lipinski definition) is 2. The van der Waals surface area contributed by atoms with Crippen LogP contribution in [0.4, 0.5) is 5.69 Å². The van der Waals surface area contributed by atoms with E-state index in [0.717, 1.165) is 13.1 Å². The lowest BCUT2D eigenvalue weighted by Gasteiger charge is -2.12. The summed E-state index contributed by atoms with van der Waals surface area (Å²) < 4.78 is 0. The maximum atomic E-state index is 3.43. The van der Waals surface area contributed by atoms with Crippen molar-refractivity contribution >= 4 is 5.69 Å². The van der Waals surface area contributed by atoms with E-state index in [0.29, 0.717) is 6.04 Å². The average molecular weight is 206 g/mol. The topological polar surface area (TPSA) is 24.1 Å². The van der Waals surface area contributed by atoms with Crippen LogP contribution in [0.3, 0.4) is 0 Å². The van der Waals surface area contributed by atoms with Crippen molar-refractivity contribution in [2.75, 3.05) is 18.4 Å². The molecule has 2 heteroatoms. The average Bonchev–Trinajstić information content (AvgIpc) is 2.14. The minimum atomic E-state index is 0.561. The molecule has 0 aromatic heterocycles. The van der Waals surface area contributed by atoms with Crippen LogP contribution in [0.2, 0.25) is 0 Å². The van der Waals surface area contributed by atoms with Gasteiger partial charge in [-0.3, -0.25) is 0 Å². The van der Waals surface area contributed by atoms with Crippen LogP contribution in [0.5, 0.6) is 0 Å². The Labute approximate surface area is 93.1 Å². The third-order valence-electron chi connectivity index (χ3n) is 2.37. The number of benzene rings is 1. The maximum Gasteiger partial charge on any atom is 0.0370 e. The molecule has 0 amide bonds. The van der Waals surface area contributed by atoms with E-state index in [1.807, 2.05) is 0 Å². The lowest BCUT2D eigenvalue weighted by Crippen LogP contribution is -2.28. The van der Waals surface area contributed by atoms with E-state index in [2.05, 4.69) is 56.5 Å². The highest BCUT2D eigenvalue weighted by molar-refractivity contribution is 5.51. The summed E-state index contributed by atoms with van der Waals surface area (Å²) in [6.07, 6.45) is 0. The van der Waals surface area contributed by atoms with Gasteiger partial charge in [-0.05, 0) is 25.5 Å². The largest absolute Gasteiger partial charge is 0.384 e. The van der Waals surface area contributed by atoms with Crippen molar-refractivity contribution in [3.63, 3.8) is 0 Å². The second-order valence-electron chi connectivity index (χ2n) is 4.35. The van der Waals surface area contributed by atoms with Gasteiger partial charge in [0.25, 0.3) is 0 Å². The van der Waals surface area contributed by atoms with E-state index in [-0.39, 0.29) is 0 Å². The Kier molecular flexibility index (Phi) is 4.63. The van der Waals surface area contributed by atoms with Gasteiger partial charge in [0.05, 0.1) is 0 Å². The van der Waals surface area contributed by atoms with E-state index < -0.39 is 0 Å². The number of hydrogen-bond acceptors (Lipinski definition) is 2. The smallest absolute Gasteiger partial charge is 0.0370 e. The van der Waals surface area contributed by atoms with Gasteiger partial charge in [-0.15, -0.1) is 0 Å². The summed E-state index contributed by atoms with van der Waals surface area (Å²) in [6, 6.07) is 7.06. The van der Waals surface area contributed by atoms with Crippen molar-refractivity contribution in [1.29, 1.82) is 0 Å². The fourth-order valence-corrected chi connectivity index (χ4v) is 1.57. The number of nitrogens with one attached hydrogen (secondary N) is 2. The SMILES string of the molecule is Cc1ccc(NCCNC(C)C)c(C)c1. The Morgan fingerprint density at radius 1 is 1.13 bits per heavy atom. The highest BCUT2D eigenvalue weighted by atomic mass is 15.0. The van der Waals surface area contributed by atoms with Gasteiger partial charge in [-0.1, -0.05) is 31.5 Å². The number of rotatable bonds is 5. The van der Waals surface area contributed by atoms with E-state index in [1.54, 1.807) is 0 Å². The van der Waals surface area contributed by atoms with Crippen LogP contribution in [0.15, 0.2) is 18.2 Å². The van der Waals surface area contributed by atoms with Crippen molar-refractivity contribution in [2.45, 2.75) is 33.7 Å². The molecule has 0 aliphatic carbocycles. The lowest BCUT2D eigenvalue weighted by molar-refractivity contribution is 0.602. The molecule has 0 fully saturated rings. The number of aryl methyl sites for hydroxylation is 2. The lowest BCUT2D eigenvalue weighted by atomic mass is 10.1. The molecule has 0 aliphatic heterocycles. The molecule has 1 rings (SSSR count). The predicted molar refractivity (Wildman–Crippen MR) is 67.5 cm³/mol. The second-order valence-corrected chi connectivity index (χ2v) is 4.35. The molecule has 0 saturated carbocycles. The minimum Gasteiger partial charge on any atom is -0.384 e. The van der Waals surface area contributed by atoms with Gasteiger partial charge in [0.1, 0.15) is 0 Å². The Hall–Kier alpha value is -1.02. The van der Waals surface area contributed by atoms with Gasteiger partial charge >= 0.3 is 0 Å². The van der Waals surface area contributed by atoms with E-state index in [1.165, 1.54) is 16.8 Å². The first-order chi connectivity index (χ1) is 7.09. The Morgan fingerprint density at radius 3 is 2.47 bits per heavy atom. The number of anilines is 1. The molecular formula is C13H22N2. The standard InChI is InChI=1S/C13H22N2/c1-10(2)14-7-8-15-13-6-5-11(3)9-12(13)4/h5-6,9-10,14-15H,7-8H2,1-4H3. The third-order valence-corrected chi connectivity index (χ3v) is 2.37. The van der Waals surface area contributed by atoms with Crippen molar-refractivity contribution in [2.24, 2.45) is 0 Å². The molecule has 1 aromatic carbocycles. The van der Waals surface area contributed by atoms with Crippen LogP contribution in [-0.4, -0.2) is 19.1 Å². The monoisotopic (exact) mass is 206 g/mol. The molecule has 0 radical (unpaired) electrons. The summed E-state index contributed by atoms with van der Waals surface area (Å²) in [4.78, 5) is 0. The Balaban J connectivity index is 2.37. The van der Waals surface area contributed by atoms with Gasteiger partial charge in [-0.2, -0.15) is 0 Å². The van der Waals surface area contributed by atoms with E-state index in [9.17, 15) is 0 Å². The summed E-state index contributed by atoms with van der Waals surface area (Å²) >= 11 is 0. The molecule has 1 aromatic rings. The quantitative estimate of drug-likeness (QED) is 0.724. The first-order valence-electron chi connectivity index (χ1n) is 5.64. The molecular weight excluding hydrogens is 184 g/mol. The van der Waals surface area contributed by atoms with Crippen LogP contribution >= 0.6 is 0 Å². The van der Waals surface area contributed by atoms with Gasteiger partial charge < -0.3 is 10.6 Å². The molecule has 15 heavy (non-hydrogen) atoms. The van der Waals surface area contributed by atoms with E-state index in [4.69, 9.17) is 0 Å². The fourth-order valence-electron chi connectivity index (χ4n) is 1.57. The molecule has 0 atom stereocenters. The second kappa shape index (κ2) is 5.76. The fraction of sp³-hybridized carbons (Fsp3) is 0.538. The first-order valence-corrected chi connectivity index (χ1v) is 5.64. The summed E-state index contributed by atoms with van der Waals surface area (Å²) in [5, 5.41) is 6.82. The maximum absolute atomic E-state index is 3.43. The minimum absolute atomic E-state index is 0.561. The molecule has 0 heterocycles. The zero-order valence-corrected chi connectivity index (χ0v) is 10.2. The molecule has 0 aliphatic rings. The highest BCUT2D eigenvalue weighted by Crippen LogP contribution is 2.15. The summed E-state index contributed by atoms with van der Waals surface area (Å²) in [5.41, 5.74) is 3.88. The highest BCUT2D eigenvalue weighted by Gasteiger charge is 1.97. The van der Waals surface area contributed by atoms with Gasteiger partial charge in [0.15, 0.2) is 0 Å². The molecule has 0 saturated heterocycles. The van der Waals surface area contributed by atoms with Crippen LogP contribution in [0, 0.1) is 13.8 Å². The van der Waals surface area contributed by atoms with Crippen molar-refractivity contribution < 1.29 is 0 Å². The van der Waals surface area contributed by atoms with Gasteiger partial charge in [0, 0.05) is 24.8 Å². The molecule has 0 spiro atoms. The molecule has 0 unspecified atom stereocenters. The predicted octanol–water partition coefficient (Wildman–Crippen LogP) is 2.71. The van der Waals surface area contributed by atoms with Crippen LogP contribution in [0.25, 0.3) is 0 Å². The normalized spacial score (nSPS) is 10.7. The first kappa shape index (κ1) is 12.1. The summed E-state index contributed by atoms with van der Waals surface area (Å²) in [7, 11) is 0. The zero-order valence-electron chi connectivity index (χ0n) is 10.2. The summed E-state index contributed by atoms with van der Waals surface area (Å²) in [6.45, 7) is 10.6. The molecule has 2 nitrogen and oxygen atoms in total.